The predicted octanol–water partition coefficient (Wildman–Crippen LogP) is 2.38. The highest BCUT2D eigenvalue weighted by Gasteiger charge is 2.29. The summed E-state index contributed by atoms with van der Waals surface area (Å²) in [5.74, 6) is 0.687. The summed E-state index contributed by atoms with van der Waals surface area (Å²) in [5.41, 5.74) is 0.651. The number of carbonyl (C=O) groups is 1. The first-order valence-electron chi connectivity index (χ1n) is 5.19. The van der Waals surface area contributed by atoms with Crippen molar-refractivity contribution >= 4 is 17.4 Å². The molecule has 1 aliphatic rings. The van der Waals surface area contributed by atoms with Crippen molar-refractivity contribution in [3.63, 3.8) is 0 Å². The van der Waals surface area contributed by atoms with E-state index < -0.39 is 0 Å². The summed E-state index contributed by atoms with van der Waals surface area (Å²) in [6.45, 7) is 3.87. The molecule has 1 heterocycles. The fraction of sp³-hybridized carbons (Fsp3) is 0.417. The van der Waals surface area contributed by atoms with Crippen LogP contribution in [0.3, 0.4) is 0 Å². The molecule has 1 N–H and O–H groups in total. The van der Waals surface area contributed by atoms with Crippen LogP contribution < -0.4 is 5.32 Å². The van der Waals surface area contributed by atoms with E-state index in [1.807, 2.05) is 19.1 Å². The van der Waals surface area contributed by atoms with E-state index in [1.165, 1.54) is 0 Å². The lowest BCUT2D eigenvalue weighted by Crippen LogP contribution is -2.47. The van der Waals surface area contributed by atoms with E-state index in [4.69, 9.17) is 11.6 Å². The van der Waals surface area contributed by atoms with Crippen molar-refractivity contribution in [3.05, 3.63) is 34.9 Å². The number of hydrogen-bond acceptors (Lipinski definition) is 2. The second-order valence-electron chi connectivity index (χ2n) is 4.05. The van der Waals surface area contributed by atoms with Gasteiger partial charge in [-0.05, 0) is 31.1 Å². The minimum absolute atomic E-state index is 0.0612. The fourth-order valence-electron chi connectivity index (χ4n) is 1.78. The third kappa shape index (κ3) is 2.06. The Labute approximate surface area is 94.6 Å². The molecule has 1 saturated heterocycles. The van der Waals surface area contributed by atoms with Crippen molar-refractivity contribution in [2.24, 2.45) is 11.8 Å². The van der Waals surface area contributed by atoms with Crippen LogP contribution in [0.5, 0.6) is 0 Å². The summed E-state index contributed by atoms with van der Waals surface area (Å²) < 4.78 is 0. The molecule has 0 aromatic heterocycles. The van der Waals surface area contributed by atoms with Gasteiger partial charge in [0.2, 0.25) is 0 Å². The Morgan fingerprint density at radius 3 is 2.67 bits per heavy atom. The maximum atomic E-state index is 12.1. The molecule has 1 unspecified atom stereocenters. The van der Waals surface area contributed by atoms with E-state index in [-0.39, 0.29) is 11.7 Å². The summed E-state index contributed by atoms with van der Waals surface area (Å²) in [4.78, 5) is 12.1. The molecule has 0 radical (unpaired) electrons. The van der Waals surface area contributed by atoms with E-state index >= 15 is 0 Å². The number of halogens is 1. The zero-order valence-electron chi connectivity index (χ0n) is 8.66. The van der Waals surface area contributed by atoms with Crippen LogP contribution in [0.1, 0.15) is 17.3 Å². The monoisotopic (exact) mass is 223 g/mol. The average molecular weight is 224 g/mol. The Morgan fingerprint density at radius 1 is 1.47 bits per heavy atom. The van der Waals surface area contributed by atoms with Crippen LogP contribution >= 0.6 is 11.6 Å². The largest absolute Gasteiger partial charge is 0.316 e. The van der Waals surface area contributed by atoms with Crippen molar-refractivity contribution in [2.45, 2.75) is 6.92 Å². The van der Waals surface area contributed by atoms with Gasteiger partial charge in [0.05, 0.1) is 5.02 Å². The maximum absolute atomic E-state index is 12.1. The van der Waals surface area contributed by atoms with Crippen LogP contribution in [0.2, 0.25) is 5.02 Å². The van der Waals surface area contributed by atoms with Crippen LogP contribution in [0.4, 0.5) is 0 Å². The van der Waals surface area contributed by atoms with Crippen LogP contribution in [-0.2, 0) is 0 Å². The van der Waals surface area contributed by atoms with Gasteiger partial charge in [-0.2, -0.15) is 0 Å². The molecule has 2 rings (SSSR count). The fourth-order valence-corrected chi connectivity index (χ4v) is 2.01. The van der Waals surface area contributed by atoms with Crippen molar-refractivity contribution in [3.8, 4) is 0 Å². The van der Waals surface area contributed by atoms with Crippen molar-refractivity contribution in [1.82, 2.24) is 5.32 Å². The molecule has 1 fully saturated rings. The zero-order valence-corrected chi connectivity index (χ0v) is 9.42. The number of carbonyl (C=O) groups excluding carboxylic acids is 1. The summed E-state index contributed by atoms with van der Waals surface area (Å²) >= 11 is 5.99. The molecule has 0 aliphatic carbocycles. The van der Waals surface area contributed by atoms with E-state index in [1.54, 1.807) is 12.1 Å². The van der Waals surface area contributed by atoms with Gasteiger partial charge in [-0.1, -0.05) is 30.7 Å². The zero-order chi connectivity index (χ0) is 10.8. The predicted molar refractivity (Wildman–Crippen MR) is 61.3 cm³/mol. The first kappa shape index (κ1) is 10.7. The molecule has 80 valence electrons. The quantitative estimate of drug-likeness (QED) is 0.798. The standard InChI is InChI=1S/C12H14ClNO/c1-8(9-6-14-7-9)12(15)10-4-2-3-5-11(10)13/h2-5,8-9,14H,6-7H2,1H3. The van der Waals surface area contributed by atoms with Gasteiger partial charge in [-0.3, -0.25) is 4.79 Å². The van der Waals surface area contributed by atoms with Gasteiger partial charge < -0.3 is 5.32 Å². The van der Waals surface area contributed by atoms with Gasteiger partial charge in [0.1, 0.15) is 0 Å². The lowest BCUT2D eigenvalue weighted by atomic mass is 9.83. The number of benzene rings is 1. The Kier molecular flexibility index (Phi) is 3.08. The molecule has 3 heteroatoms. The molecular weight excluding hydrogens is 210 g/mol. The Hall–Kier alpha value is -0.860. The SMILES string of the molecule is CC(C(=O)c1ccccc1Cl)C1CNC1. The number of ketones is 1. The van der Waals surface area contributed by atoms with Gasteiger partial charge in [-0.15, -0.1) is 0 Å². The Balaban J connectivity index is 2.16. The van der Waals surface area contributed by atoms with Crippen LogP contribution in [0.25, 0.3) is 0 Å². The van der Waals surface area contributed by atoms with E-state index in [9.17, 15) is 4.79 Å². The van der Waals surface area contributed by atoms with Gasteiger partial charge in [0, 0.05) is 11.5 Å². The molecule has 1 aromatic carbocycles. The second-order valence-corrected chi connectivity index (χ2v) is 4.46. The van der Waals surface area contributed by atoms with Crippen molar-refractivity contribution < 1.29 is 4.79 Å². The highest BCUT2D eigenvalue weighted by Crippen LogP contribution is 2.24. The molecular formula is C12H14ClNO. The van der Waals surface area contributed by atoms with E-state index in [0.29, 0.717) is 16.5 Å². The number of Topliss-reactive ketones (excluding diaryl/α,β-unsaturated/α-hetero) is 1. The molecule has 2 nitrogen and oxygen atoms in total. The highest BCUT2D eigenvalue weighted by atomic mass is 35.5. The highest BCUT2D eigenvalue weighted by molar-refractivity contribution is 6.34. The van der Waals surface area contributed by atoms with E-state index in [2.05, 4.69) is 5.32 Å². The first-order valence-corrected chi connectivity index (χ1v) is 5.57. The molecule has 1 aliphatic heterocycles. The van der Waals surface area contributed by atoms with Gasteiger partial charge >= 0.3 is 0 Å². The molecule has 0 spiro atoms. The molecule has 15 heavy (non-hydrogen) atoms. The first-order chi connectivity index (χ1) is 7.20. The van der Waals surface area contributed by atoms with Crippen LogP contribution in [0, 0.1) is 11.8 Å². The lowest BCUT2D eigenvalue weighted by Gasteiger charge is -2.31. The summed E-state index contributed by atoms with van der Waals surface area (Å²) in [7, 11) is 0. The van der Waals surface area contributed by atoms with E-state index in [0.717, 1.165) is 13.1 Å². The van der Waals surface area contributed by atoms with Crippen LogP contribution in [0.15, 0.2) is 24.3 Å². The molecule has 0 amide bonds. The van der Waals surface area contributed by atoms with Gasteiger partial charge in [0.15, 0.2) is 5.78 Å². The summed E-state index contributed by atoms with van der Waals surface area (Å²) in [5, 5.41) is 3.73. The van der Waals surface area contributed by atoms with Crippen LogP contribution in [-0.4, -0.2) is 18.9 Å². The molecule has 0 saturated carbocycles. The summed E-state index contributed by atoms with van der Waals surface area (Å²) in [6, 6.07) is 7.26. The minimum atomic E-state index is 0.0612. The lowest BCUT2D eigenvalue weighted by molar-refractivity contribution is 0.0854. The molecule has 1 aromatic rings. The van der Waals surface area contributed by atoms with Gasteiger partial charge in [-0.25, -0.2) is 0 Å². The maximum Gasteiger partial charge on any atom is 0.167 e. The second kappa shape index (κ2) is 4.33. The Bertz CT molecular complexity index is 374. The Morgan fingerprint density at radius 2 is 2.13 bits per heavy atom. The third-order valence-corrected chi connectivity index (χ3v) is 3.40. The smallest absolute Gasteiger partial charge is 0.167 e. The third-order valence-electron chi connectivity index (χ3n) is 3.07. The normalized spacial score (nSPS) is 18.3. The average Bonchev–Trinajstić information content (AvgIpc) is 2.15. The minimum Gasteiger partial charge on any atom is -0.316 e. The molecule has 1 atom stereocenters. The van der Waals surface area contributed by atoms with Crippen molar-refractivity contribution in [2.75, 3.05) is 13.1 Å². The molecule has 0 bridgehead atoms. The number of nitrogens with one attached hydrogen (secondary N) is 1. The van der Waals surface area contributed by atoms with Gasteiger partial charge in [0.25, 0.3) is 0 Å². The summed E-state index contributed by atoms with van der Waals surface area (Å²) in [6.07, 6.45) is 0. The topological polar surface area (TPSA) is 29.1 Å². The number of hydrogen-bond donors (Lipinski definition) is 1. The number of rotatable bonds is 3. The van der Waals surface area contributed by atoms with Crippen molar-refractivity contribution in [1.29, 1.82) is 0 Å².